The Morgan fingerprint density at radius 3 is 2.45 bits per heavy atom. The van der Waals surface area contributed by atoms with Crippen molar-refractivity contribution in [2.75, 3.05) is 44.3 Å². The van der Waals surface area contributed by atoms with Gasteiger partial charge >= 0.3 is 0 Å². The topological polar surface area (TPSA) is 113 Å². The molecule has 0 unspecified atom stereocenters. The van der Waals surface area contributed by atoms with Gasteiger partial charge in [-0.3, -0.25) is 9.52 Å². The molecule has 0 aliphatic carbocycles. The monoisotopic (exact) mass is 472 g/mol. The van der Waals surface area contributed by atoms with Gasteiger partial charge in [-0.2, -0.15) is 0 Å². The standard InChI is InChI=1S/C23H28N4O5S/c1-27(2)11-10-24-23(28)17-13-19(25-16-21-5-4-12-32-21)15-22(14-17)33(29,30)26-18-6-8-20(31-3)9-7-18/h4-9,12-15,25-26H,10-11,16H2,1-3H3,(H,24,28). The van der Waals surface area contributed by atoms with Gasteiger partial charge in [-0.1, -0.05) is 0 Å². The van der Waals surface area contributed by atoms with Gasteiger partial charge in [0.05, 0.1) is 24.8 Å². The summed E-state index contributed by atoms with van der Waals surface area (Å²) in [5, 5.41) is 5.93. The van der Waals surface area contributed by atoms with Crippen LogP contribution in [-0.2, 0) is 16.6 Å². The molecule has 1 heterocycles. The van der Waals surface area contributed by atoms with Crippen LogP contribution < -0.4 is 20.1 Å². The van der Waals surface area contributed by atoms with Crippen molar-refractivity contribution in [1.29, 1.82) is 0 Å². The maximum absolute atomic E-state index is 13.1. The number of hydrogen-bond acceptors (Lipinski definition) is 7. The fourth-order valence-electron chi connectivity index (χ4n) is 2.96. The molecule has 33 heavy (non-hydrogen) atoms. The molecule has 2 aromatic carbocycles. The highest BCUT2D eigenvalue weighted by Crippen LogP contribution is 2.24. The highest BCUT2D eigenvalue weighted by molar-refractivity contribution is 7.92. The largest absolute Gasteiger partial charge is 0.497 e. The molecule has 10 heteroatoms. The van der Waals surface area contributed by atoms with Crippen molar-refractivity contribution in [3.05, 3.63) is 72.2 Å². The number of amides is 1. The number of carbonyl (C=O) groups is 1. The van der Waals surface area contributed by atoms with Crippen LogP contribution >= 0.6 is 0 Å². The summed E-state index contributed by atoms with van der Waals surface area (Å²) in [7, 11) is 1.38. The lowest BCUT2D eigenvalue weighted by molar-refractivity contribution is 0.0951. The van der Waals surface area contributed by atoms with Gasteiger partial charge in [0.1, 0.15) is 11.5 Å². The second-order valence-electron chi connectivity index (χ2n) is 7.57. The van der Waals surface area contributed by atoms with Crippen molar-refractivity contribution < 1.29 is 22.4 Å². The van der Waals surface area contributed by atoms with E-state index in [-0.39, 0.29) is 16.4 Å². The van der Waals surface area contributed by atoms with Gasteiger partial charge in [0, 0.05) is 30.0 Å². The number of benzene rings is 2. The first-order valence-electron chi connectivity index (χ1n) is 10.3. The molecule has 9 nitrogen and oxygen atoms in total. The van der Waals surface area contributed by atoms with Crippen LogP contribution in [0.1, 0.15) is 16.1 Å². The van der Waals surface area contributed by atoms with E-state index in [1.165, 1.54) is 19.2 Å². The van der Waals surface area contributed by atoms with E-state index >= 15 is 0 Å². The zero-order valence-electron chi connectivity index (χ0n) is 18.8. The molecule has 1 aromatic heterocycles. The van der Waals surface area contributed by atoms with Crippen molar-refractivity contribution >= 4 is 27.3 Å². The zero-order valence-corrected chi connectivity index (χ0v) is 19.6. The van der Waals surface area contributed by atoms with Crippen LogP contribution in [0.2, 0.25) is 0 Å². The summed E-state index contributed by atoms with van der Waals surface area (Å²) in [5.74, 6) is 0.926. The summed E-state index contributed by atoms with van der Waals surface area (Å²) < 4.78 is 39.1. The van der Waals surface area contributed by atoms with E-state index in [2.05, 4.69) is 15.4 Å². The lowest BCUT2D eigenvalue weighted by Crippen LogP contribution is -2.31. The molecule has 0 saturated heterocycles. The van der Waals surface area contributed by atoms with E-state index in [1.807, 2.05) is 19.0 Å². The third kappa shape index (κ3) is 6.99. The maximum Gasteiger partial charge on any atom is 0.261 e. The normalized spacial score (nSPS) is 11.3. The van der Waals surface area contributed by atoms with Gasteiger partial charge in [0.25, 0.3) is 15.9 Å². The molecule has 0 aliphatic rings. The Morgan fingerprint density at radius 1 is 1.06 bits per heavy atom. The first-order valence-corrected chi connectivity index (χ1v) is 11.8. The van der Waals surface area contributed by atoms with Crippen molar-refractivity contribution in [2.45, 2.75) is 11.4 Å². The molecule has 3 N–H and O–H groups in total. The Morgan fingerprint density at radius 2 is 1.82 bits per heavy atom. The second kappa shape index (κ2) is 10.9. The minimum atomic E-state index is -3.96. The number of likely N-dealkylation sites (N-methyl/N-ethyl adjacent to an activating group) is 1. The molecular formula is C23H28N4O5S. The zero-order chi connectivity index (χ0) is 23.8. The molecule has 1 amide bonds. The Bertz CT molecular complexity index is 1160. The smallest absolute Gasteiger partial charge is 0.261 e. The van der Waals surface area contributed by atoms with E-state index in [4.69, 9.17) is 9.15 Å². The predicted molar refractivity (Wildman–Crippen MR) is 127 cm³/mol. The van der Waals surface area contributed by atoms with Crippen LogP contribution in [0.25, 0.3) is 0 Å². The molecule has 0 bridgehead atoms. The summed E-state index contributed by atoms with van der Waals surface area (Å²) in [6.45, 7) is 1.43. The Balaban J connectivity index is 1.86. The van der Waals surface area contributed by atoms with Gasteiger partial charge in [-0.15, -0.1) is 0 Å². The number of furan rings is 1. The summed E-state index contributed by atoms with van der Waals surface area (Å²) >= 11 is 0. The maximum atomic E-state index is 13.1. The van der Waals surface area contributed by atoms with E-state index in [1.54, 1.807) is 48.7 Å². The second-order valence-corrected chi connectivity index (χ2v) is 9.25. The average Bonchev–Trinajstić information content (AvgIpc) is 3.31. The molecule has 0 aliphatic heterocycles. The van der Waals surface area contributed by atoms with Crippen molar-refractivity contribution in [1.82, 2.24) is 10.2 Å². The number of rotatable bonds is 11. The van der Waals surface area contributed by atoms with Crippen LogP contribution in [0.4, 0.5) is 11.4 Å². The third-order valence-electron chi connectivity index (χ3n) is 4.71. The minimum absolute atomic E-state index is 0.0412. The number of carbonyl (C=O) groups excluding carboxylic acids is 1. The molecule has 3 rings (SSSR count). The highest BCUT2D eigenvalue weighted by atomic mass is 32.2. The van der Waals surface area contributed by atoms with E-state index in [9.17, 15) is 13.2 Å². The van der Waals surface area contributed by atoms with Crippen LogP contribution in [0.5, 0.6) is 5.75 Å². The van der Waals surface area contributed by atoms with Gasteiger partial charge in [0.15, 0.2) is 0 Å². The molecule has 176 valence electrons. The first-order chi connectivity index (χ1) is 15.8. The Hall–Kier alpha value is -3.50. The van der Waals surface area contributed by atoms with Crippen molar-refractivity contribution in [2.24, 2.45) is 0 Å². The van der Waals surface area contributed by atoms with Crippen LogP contribution in [0, 0.1) is 0 Å². The Labute approximate surface area is 193 Å². The average molecular weight is 473 g/mol. The molecule has 0 spiro atoms. The van der Waals surface area contributed by atoms with Gasteiger partial charge in [0.2, 0.25) is 0 Å². The Kier molecular flexibility index (Phi) is 7.96. The van der Waals surface area contributed by atoms with E-state index in [0.717, 1.165) is 0 Å². The lowest BCUT2D eigenvalue weighted by Gasteiger charge is -2.14. The van der Waals surface area contributed by atoms with Crippen LogP contribution in [0.15, 0.2) is 70.2 Å². The number of nitrogens with one attached hydrogen (secondary N) is 3. The minimum Gasteiger partial charge on any atom is -0.497 e. The van der Waals surface area contributed by atoms with Gasteiger partial charge in [-0.05, 0) is 68.7 Å². The first kappa shape index (κ1) is 24.1. The molecule has 0 radical (unpaired) electrons. The lowest BCUT2D eigenvalue weighted by atomic mass is 10.2. The predicted octanol–water partition coefficient (Wildman–Crippen LogP) is 2.99. The summed E-state index contributed by atoms with van der Waals surface area (Å²) in [4.78, 5) is 14.6. The highest BCUT2D eigenvalue weighted by Gasteiger charge is 2.19. The molecule has 3 aromatic rings. The molecular weight excluding hydrogens is 444 g/mol. The van der Waals surface area contributed by atoms with Crippen LogP contribution in [0.3, 0.4) is 0 Å². The SMILES string of the molecule is COc1ccc(NS(=O)(=O)c2cc(NCc3ccco3)cc(C(=O)NCCN(C)C)c2)cc1. The van der Waals surface area contributed by atoms with E-state index < -0.39 is 10.0 Å². The number of ether oxygens (including phenoxy) is 1. The third-order valence-corrected chi connectivity index (χ3v) is 6.07. The molecule has 0 fully saturated rings. The summed E-state index contributed by atoms with van der Waals surface area (Å²) in [6.07, 6.45) is 1.56. The fourth-order valence-corrected chi connectivity index (χ4v) is 4.09. The number of sulfonamides is 1. The summed E-state index contributed by atoms with van der Waals surface area (Å²) in [5.41, 5.74) is 1.08. The van der Waals surface area contributed by atoms with Crippen molar-refractivity contribution in [3.63, 3.8) is 0 Å². The number of methoxy groups -OCH3 is 1. The van der Waals surface area contributed by atoms with Gasteiger partial charge in [-0.25, -0.2) is 8.42 Å². The fraction of sp³-hybridized carbons (Fsp3) is 0.261. The summed E-state index contributed by atoms with van der Waals surface area (Å²) in [6, 6.07) is 14.5. The van der Waals surface area contributed by atoms with Gasteiger partial charge < -0.3 is 24.7 Å². The number of hydrogen-bond donors (Lipinski definition) is 3. The van der Waals surface area contributed by atoms with Crippen molar-refractivity contribution in [3.8, 4) is 5.75 Å². The number of nitrogens with zero attached hydrogens (tertiary/aromatic N) is 1. The molecule has 0 saturated carbocycles. The van der Waals surface area contributed by atoms with Crippen LogP contribution in [-0.4, -0.2) is 53.5 Å². The van der Waals surface area contributed by atoms with E-state index in [0.29, 0.717) is 42.5 Å². The quantitative estimate of drug-likeness (QED) is 0.393. The number of anilines is 2. The molecule has 0 atom stereocenters.